The molecule has 3 nitrogen and oxygen atoms in total. The number of hydrogen-bond acceptors (Lipinski definition) is 3. The average Bonchev–Trinajstić information content (AvgIpc) is 2.78. The number of nitrogens with one attached hydrogen (secondary N) is 2. The van der Waals surface area contributed by atoms with E-state index in [9.17, 15) is 13.6 Å². The van der Waals surface area contributed by atoms with E-state index in [-0.39, 0.29) is 5.56 Å². The number of fused-ring (bicyclic) bond motifs is 1. The van der Waals surface area contributed by atoms with Crippen LogP contribution in [0.5, 0.6) is 0 Å². The van der Waals surface area contributed by atoms with Crippen LogP contribution in [0.2, 0.25) is 0 Å². The summed E-state index contributed by atoms with van der Waals surface area (Å²) in [6.45, 7) is 1.96. The van der Waals surface area contributed by atoms with Crippen molar-refractivity contribution in [3.05, 3.63) is 71.1 Å². The Morgan fingerprint density at radius 1 is 1.00 bits per heavy atom. The van der Waals surface area contributed by atoms with Gasteiger partial charge >= 0.3 is 0 Å². The number of ketones is 1. The summed E-state index contributed by atoms with van der Waals surface area (Å²) in [4.78, 5) is 12.0. The van der Waals surface area contributed by atoms with E-state index in [1.165, 1.54) is 6.08 Å². The van der Waals surface area contributed by atoms with Crippen LogP contribution < -0.4 is 10.6 Å². The molecule has 0 spiro atoms. The highest BCUT2D eigenvalue weighted by Gasteiger charge is 2.16. The lowest BCUT2D eigenvalue weighted by Crippen LogP contribution is -2.05. The van der Waals surface area contributed by atoms with Crippen molar-refractivity contribution >= 4 is 17.2 Å². The zero-order valence-electron chi connectivity index (χ0n) is 11.2. The van der Waals surface area contributed by atoms with Gasteiger partial charge in [-0.1, -0.05) is 6.07 Å². The SMILES string of the molecule is Cc1ccc2c(c1)N/C(=C\C(=O)c1cc(F)cc(F)c1)N2. The topological polar surface area (TPSA) is 41.1 Å². The summed E-state index contributed by atoms with van der Waals surface area (Å²) in [6, 6.07) is 8.53. The molecule has 0 amide bonds. The molecule has 0 bridgehead atoms. The summed E-state index contributed by atoms with van der Waals surface area (Å²) in [6.07, 6.45) is 1.28. The summed E-state index contributed by atoms with van der Waals surface area (Å²) >= 11 is 0. The molecule has 2 aromatic rings. The molecule has 0 saturated heterocycles. The first-order valence-corrected chi connectivity index (χ1v) is 6.38. The number of anilines is 2. The van der Waals surface area contributed by atoms with Gasteiger partial charge in [-0.25, -0.2) is 8.78 Å². The molecule has 0 aliphatic carbocycles. The Kier molecular flexibility index (Phi) is 3.17. The summed E-state index contributed by atoms with van der Waals surface area (Å²) in [5.74, 6) is -1.55. The van der Waals surface area contributed by atoms with Crippen molar-refractivity contribution in [3.8, 4) is 0 Å². The quantitative estimate of drug-likeness (QED) is 0.651. The molecule has 21 heavy (non-hydrogen) atoms. The van der Waals surface area contributed by atoms with Gasteiger partial charge in [-0.05, 0) is 36.8 Å². The largest absolute Gasteiger partial charge is 0.340 e. The van der Waals surface area contributed by atoms with E-state index in [0.29, 0.717) is 5.82 Å². The molecule has 2 N–H and O–H groups in total. The fourth-order valence-corrected chi connectivity index (χ4v) is 2.17. The van der Waals surface area contributed by atoms with Crippen LogP contribution in [0.15, 0.2) is 48.3 Å². The molecule has 5 heteroatoms. The standard InChI is InChI=1S/C16H12F2N2O/c1-9-2-3-13-14(4-9)20-16(19-13)8-15(21)10-5-11(17)7-12(18)6-10/h2-8,19-20H,1H3/b16-8-. The molecular weight excluding hydrogens is 274 g/mol. The highest BCUT2D eigenvalue weighted by molar-refractivity contribution is 6.06. The second-order valence-corrected chi connectivity index (χ2v) is 4.88. The van der Waals surface area contributed by atoms with Gasteiger partial charge in [-0.15, -0.1) is 0 Å². The van der Waals surface area contributed by atoms with Crippen LogP contribution in [0.25, 0.3) is 0 Å². The number of carbonyl (C=O) groups excluding carboxylic acids is 1. The van der Waals surface area contributed by atoms with Crippen molar-refractivity contribution in [1.29, 1.82) is 0 Å². The third-order valence-electron chi connectivity index (χ3n) is 3.14. The minimum absolute atomic E-state index is 0.0317. The number of aryl methyl sites for hydroxylation is 1. The van der Waals surface area contributed by atoms with Gasteiger partial charge in [0.2, 0.25) is 0 Å². The van der Waals surface area contributed by atoms with Crippen molar-refractivity contribution in [2.45, 2.75) is 6.92 Å². The molecule has 0 unspecified atom stereocenters. The smallest absolute Gasteiger partial charge is 0.189 e. The second kappa shape index (κ2) is 5.01. The first-order chi connectivity index (χ1) is 10.0. The molecule has 0 saturated carbocycles. The number of hydrogen-bond donors (Lipinski definition) is 2. The van der Waals surface area contributed by atoms with E-state index < -0.39 is 17.4 Å². The van der Waals surface area contributed by atoms with E-state index >= 15 is 0 Å². The summed E-state index contributed by atoms with van der Waals surface area (Å²) in [5, 5.41) is 6.08. The van der Waals surface area contributed by atoms with Crippen LogP contribution in [-0.4, -0.2) is 5.78 Å². The maximum atomic E-state index is 13.1. The Morgan fingerprint density at radius 2 is 1.67 bits per heavy atom. The molecule has 1 heterocycles. The first kappa shape index (κ1) is 13.3. The molecule has 106 valence electrons. The third kappa shape index (κ3) is 2.76. The monoisotopic (exact) mass is 286 g/mol. The maximum absolute atomic E-state index is 13.1. The van der Waals surface area contributed by atoms with E-state index in [4.69, 9.17) is 0 Å². The minimum Gasteiger partial charge on any atom is -0.340 e. The Labute approximate surface area is 120 Å². The van der Waals surface area contributed by atoms with Gasteiger partial charge in [0.1, 0.15) is 17.5 Å². The van der Waals surface area contributed by atoms with Crippen LogP contribution in [0.3, 0.4) is 0 Å². The van der Waals surface area contributed by atoms with Crippen LogP contribution in [0.4, 0.5) is 20.2 Å². The predicted octanol–water partition coefficient (Wildman–Crippen LogP) is 3.83. The van der Waals surface area contributed by atoms with Crippen molar-refractivity contribution in [2.75, 3.05) is 10.6 Å². The van der Waals surface area contributed by atoms with Gasteiger partial charge in [-0.2, -0.15) is 0 Å². The lowest BCUT2D eigenvalue weighted by Gasteiger charge is -2.01. The molecule has 0 atom stereocenters. The number of allylic oxidation sites excluding steroid dienone is 1. The van der Waals surface area contributed by atoms with Crippen LogP contribution >= 0.6 is 0 Å². The highest BCUT2D eigenvalue weighted by Crippen LogP contribution is 2.31. The average molecular weight is 286 g/mol. The normalized spacial score (nSPS) is 14.5. The van der Waals surface area contributed by atoms with Crippen molar-refractivity contribution in [1.82, 2.24) is 0 Å². The van der Waals surface area contributed by atoms with Gasteiger partial charge in [0.25, 0.3) is 0 Å². The van der Waals surface area contributed by atoms with E-state index in [0.717, 1.165) is 35.1 Å². The predicted molar refractivity (Wildman–Crippen MR) is 77.2 cm³/mol. The Morgan fingerprint density at radius 3 is 2.38 bits per heavy atom. The summed E-state index contributed by atoms with van der Waals surface area (Å²) in [5.41, 5.74) is 2.77. The van der Waals surface area contributed by atoms with Crippen LogP contribution in [0.1, 0.15) is 15.9 Å². The molecule has 1 aliphatic heterocycles. The lowest BCUT2D eigenvalue weighted by molar-refractivity contribution is 0.104. The molecule has 2 aromatic carbocycles. The molecular formula is C16H12F2N2O. The molecule has 0 aromatic heterocycles. The van der Waals surface area contributed by atoms with Crippen LogP contribution in [-0.2, 0) is 0 Å². The fourth-order valence-electron chi connectivity index (χ4n) is 2.17. The fraction of sp³-hybridized carbons (Fsp3) is 0.0625. The molecule has 0 radical (unpaired) electrons. The Hall–Kier alpha value is -2.69. The zero-order chi connectivity index (χ0) is 15.0. The van der Waals surface area contributed by atoms with Gasteiger partial charge in [0.05, 0.1) is 11.4 Å². The number of rotatable bonds is 2. The van der Waals surface area contributed by atoms with Crippen LogP contribution in [0, 0.1) is 18.6 Å². The third-order valence-corrected chi connectivity index (χ3v) is 3.14. The van der Waals surface area contributed by atoms with E-state index in [2.05, 4.69) is 10.6 Å². The van der Waals surface area contributed by atoms with Gasteiger partial charge < -0.3 is 10.6 Å². The van der Waals surface area contributed by atoms with Crippen molar-refractivity contribution < 1.29 is 13.6 Å². The number of carbonyl (C=O) groups is 1. The second-order valence-electron chi connectivity index (χ2n) is 4.88. The number of halogens is 2. The zero-order valence-corrected chi connectivity index (χ0v) is 11.2. The van der Waals surface area contributed by atoms with Gasteiger partial charge in [0, 0.05) is 17.7 Å². The summed E-state index contributed by atoms with van der Waals surface area (Å²) < 4.78 is 26.2. The molecule has 3 rings (SSSR count). The highest BCUT2D eigenvalue weighted by atomic mass is 19.1. The summed E-state index contributed by atoms with van der Waals surface area (Å²) in [7, 11) is 0. The number of benzene rings is 2. The maximum Gasteiger partial charge on any atom is 0.189 e. The van der Waals surface area contributed by atoms with Gasteiger partial charge in [0.15, 0.2) is 5.78 Å². The first-order valence-electron chi connectivity index (χ1n) is 6.38. The van der Waals surface area contributed by atoms with Gasteiger partial charge in [-0.3, -0.25) is 4.79 Å². The van der Waals surface area contributed by atoms with E-state index in [1.807, 2.05) is 25.1 Å². The molecule has 0 fully saturated rings. The van der Waals surface area contributed by atoms with E-state index in [1.54, 1.807) is 0 Å². The Balaban J connectivity index is 1.85. The minimum atomic E-state index is -0.775. The lowest BCUT2D eigenvalue weighted by atomic mass is 10.1. The molecule has 1 aliphatic rings. The van der Waals surface area contributed by atoms with Crippen molar-refractivity contribution in [3.63, 3.8) is 0 Å². The van der Waals surface area contributed by atoms with Crippen molar-refractivity contribution in [2.24, 2.45) is 0 Å². The Bertz CT molecular complexity index is 749.